The van der Waals surface area contributed by atoms with Crippen molar-refractivity contribution in [1.29, 1.82) is 0 Å². The third-order valence-electron chi connectivity index (χ3n) is 5.33. The fraction of sp³-hybridized carbons (Fsp3) is 0.667. The third-order valence-corrected chi connectivity index (χ3v) is 5.33. The molecule has 0 aliphatic carbocycles. The lowest BCUT2D eigenvalue weighted by molar-refractivity contribution is -0.129. The Labute approximate surface area is 151 Å². The predicted octanol–water partition coefficient (Wildman–Crippen LogP) is 4.02. The van der Waals surface area contributed by atoms with E-state index < -0.39 is 0 Å². The number of carbonyl (C=O) groups is 1. The largest absolute Gasteiger partial charge is 0.490 e. The highest BCUT2D eigenvalue weighted by Gasteiger charge is 2.38. The number of Topliss-reactive ketones (excluding diaryl/α,β-unsaturated/α-hetero) is 1. The van der Waals surface area contributed by atoms with Crippen LogP contribution in [0.5, 0.6) is 11.5 Å². The molecule has 0 unspecified atom stereocenters. The summed E-state index contributed by atoms with van der Waals surface area (Å²) >= 11 is 0. The van der Waals surface area contributed by atoms with Gasteiger partial charge in [0.15, 0.2) is 11.5 Å². The zero-order valence-electron chi connectivity index (χ0n) is 16.0. The first-order valence-electron chi connectivity index (χ1n) is 9.72. The van der Waals surface area contributed by atoms with Crippen LogP contribution in [0.1, 0.15) is 57.7 Å². The molecule has 25 heavy (non-hydrogen) atoms. The Bertz CT molecular complexity index is 626. The molecule has 4 heteroatoms. The Morgan fingerprint density at radius 3 is 2.48 bits per heavy atom. The Kier molecular flexibility index (Phi) is 5.67. The van der Waals surface area contributed by atoms with Gasteiger partial charge in [-0.05, 0) is 55.9 Å². The van der Waals surface area contributed by atoms with E-state index in [1.807, 2.05) is 13.8 Å². The Hall–Kier alpha value is -1.55. The molecular formula is C21H31NO3. The maximum Gasteiger partial charge on any atom is 0.161 e. The molecule has 0 bridgehead atoms. The van der Waals surface area contributed by atoms with Gasteiger partial charge in [-0.25, -0.2) is 0 Å². The summed E-state index contributed by atoms with van der Waals surface area (Å²) in [6.45, 7) is 11.6. The van der Waals surface area contributed by atoms with Gasteiger partial charge in [-0.15, -0.1) is 0 Å². The van der Waals surface area contributed by atoms with Gasteiger partial charge in [-0.3, -0.25) is 9.69 Å². The highest BCUT2D eigenvalue weighted by molar-refractivity contribution is 5.83. The fourth-order valence-electron chi connectivity index (χ4n) is 4.27. The first kappa shape index (κ1) is 18.2. The molecule has 0 saturated carbocycles. The second-order valence-corrected chi connectivity index (χ2v) is 7.62. The van der Waals surface area contributed by atoms with Crippen molar-refractivity contribution in [1.82, 2.24) is 4.90 Å². The van der Waals surface area contributed by atoms with E-state index in [4.69, 9.17) is 9.47 Å². The minimum atomic E-state index is 0.201. The van der Waals surface area contributed by atoms with E-state index in [-0.39, 0.29) is 12.0 Å². The van der Waals surface area contributed by atoms with E-state index in [2.05, 4.69) is 30.9 Å². The topological polar surface area (TPSA) is 38.8 Å². The summed E-state index contributed by atoms with van der Waals surface area (Å²) in [5.41, 5.74) is 2.57. The number of rotatable bonds is 6. The molecule has 1 saturated heterocycles. The van der Waals surface area contributed by atoms with Crippen LogP contribution in [0.4, 0.5) is 0 Å². The van der Waals surface area contributed by atoms with Gasteiger partial charge >= 0.3 is 0 Å². The number of piperidine rings is 1. The third kappa shape index (κ3) is 3.84. The second kappa shape index (κ2) is 7.77. The highest BCUT2D eigenvalue weighted by atomic mass is 16.5. The number of benzene rings is 1. The van der Waals surface area contributed by atoms with Crippen molar-refractivity contribution in [2.24, 2.45) is 11.8 Å². The molecule has 4 nitrogen and oxygen atoms in total. The molecule has 0 aromatic heterocycles. The molecule has 0 spiro atoms. The van der Waals surface area contributed by atoms with E-state index in [0.717, 1.165) is 37.4 Å². The number of carbonyl (C=O) groups excluding carboxylic acids is 1. The van der Waals surface area contributed by atoms with Crippen LogP contribution in [0, 0.1) is 11.8 Å². The number of hydrogen-bond donors (Lipinski definition) is 0. The van der Waals surface area contributed by atoms with Gasteiger partial charge in [0.2, 0.25) is 0 Å². The molecule has 0 radical (unpaired) electrons. The first-order valence-corrected chi connectivity index (χ1v) is 9.72. The summed E-state index contributed by atoms with van der Waals surface area (Å²) < 4.78 is 11.6. The molecule has 1 aromatic rings. The minimum Gasteiger partial charge on any atom is -0.490 e. The van der Waals surface area contributed by atoms with Crippen molar-refractivity contribution < 1.29 is 14.3 Å². The van der Waals surface area contributed by atoms with E-state index in [9.17, 15) is 4.79 Å². The number of nitrogens with zero attached hydrogens (tertiary/aromatic N) is 1. The fourth-order valence-corrected chi connectivity index (χ4v) is 4.27. The van der Waals surface area contributed by atoms with Crippen LogP contribution in [-0.4, -0.2) is 37.0 Å². The normalized spacial score (nSPS) is 23.3. The smallest absolute Gasteiger partial charge is 0.161 e. The predicted molar refractivity (Wildman–Crippen MR) is 99.4 cm³/mol. The number of ketones is 1. The van der Waals surface area contributed by atoms with Crippen LogP contribution >= 0.6 is 0 Å². The van der Waals surface area contributed by atoms with Gasteiger partial charge in [-0.1, -0.05) is 13.8 Å². The van der Waals surface area contributed by atoms with Crippen molar-refractivity contribution in [2.75, 3.05) is 26.3 Å². The summed E-state index contributed by atoms with van der Waals surface area (Å²) in [4.78, 5) is 15.2. The SMILES string of the molecule is CCOc1cc2c(cc1OCC)[C@@H]1CC(=O)[C@@H](CC(C)C)CN1CC2. The zero-order chi connectivity index (χ0) is 18.0. The molecule has 1 fully saturated rings. The van der Waals surface area contributed by atoms with E-state index in [1.165, 1.54) is 11.1 Å². The van der Waals surface area contributed by atoms with E-state index in [0.29, 0.717) is 31.3 Å². The quantitative estimate of drug-likeness (QED) is 0.781. The molecule has 1 aromatic carbocycles. The van der Waals surface area contributed by atoms with Crippen LogP contribution in [-0.2, 0) is 11.2 Å². The molecule has 2 heterocycles. The van der Waals surface area contributed by atoms with Gasteiger partial charge < -0.3 is 9.47 Å². The van der Waals surface area contributed by atoms with Crippen LogP contribution in [0.2, 0.25) is 0 Å². The Balaban J connectivity index is 1.88. The van der Waals surface area contributed by atoms with Gasteiger partial charge in [0, 0.05) is 31.5 Å². The maximum atomic E-state index is 12.7. The number of hydrogen-bond acceptors (Lipinski definition) is 4. The van der Waals surface area contributed by atoms with Crippen LogP contribution in [0.15, 0.2) is 12.1 Å². The summed E-state index contributed by atoms with van der Waals surface area (Å²) in [5, 5.41) is 0. The van der Waals surface area contributed by atoms with Crippen molar-refractivity contribution >= 4 is 5.78 Å². The van der Waals surface area contributed by atoms with Crippen molar-refractivity contribution in [3.05, 3.63) is 23.3 Å². The standard InChI is InChI=1S/C21H31NO3/c1-5-24-20-10-15-7-8-22-13-16(9-14(3)4)19(23)12-18(22)17(15)11-21(20)25-6-2/h10-11,14,16,18H,5-9,12-13H2,1-4H3/t16-,18-/m0/s1. The lowest BCUT2D eigenvalue weighted by Crippen LogP contribution is -2.46. The molecule has 2 atom stereocenters. The lowest BCUT2D eigenvalue weighted by atomic mass is 9.80. The molecule has 2 aliphatic rings. The van der Waals surface area contributed by atoms with Crippen LogP contribution < -0.4 is 9.47 Å². The average Bonchev–Trinajstić information content (AvgIpc) is 2.56. The molecule has 3 rings (SSSR count). The van der Waals surface area contributed by atoms with Gasteiger partial charge in [0.05, 0.1) is 13.2 Å². The van der Waals surface area contributed by atoms with Crippen molar-refractivity contribution in [3.8, 4) is 11.5 Å². The van der Waals surface area contributed by atoms with Crippen molar-refractivity contribution in [2.45, 2.75) is 53.0 Å². The lowest BCUT2D eigenvalue weighted by Gasteiger charge is -2.43. The molecule has 0 amide bonds. The molecule has 138 valence electrons. The Morgan fingerprint density at radius 2 is 1.84 bits per heavy atom. The molecule has 2 aliphatic heterocycles. The summed E-state index contributed by atoms with van der Waals surface area (Å²) in [5.74, 6) is 2.83. The Morgan fingerprint density at radius 1 is 1.16 bits per heavy atom. The van der Waals surface area contributed by atoms with Gasteiger partial charge in [-0.2, -0.15) is 0 Å². The van der Waals surface area contributed by atoms with Crippen LogP contribution in [0.25, 0.3) is 0 Å². The monoisotopic (exact) mass is 345 g/mol. The van der Waals surface area contributed by atoms with Gasteiger partial charge in [0.1, 0.15) is 5.78 Å². The van der Waals surface area contributed by atoms with Crippen molar-refractivity contribution in [3.63, 3.8) is 0 Å². The summed E-state index contributed by atoms with van der Waals surface area (Å²) in [6, 6.07) is 4.46. The van der Waals surface area contributed by atoms with E-state index in [1.54, 1.807) is 0 Å². The molecular weight excluding hydrogens is 314 g/mol. The zero-order valence-corrected chi connectivity index (χ0v) is 16.0. The van der Waals surface area contributed by atoms with Crippen LogP contribution in [0.3, 0.4) is 0 Å². The first-order chi connectivity index (χ1) is 12.0. The maximum absolute atomic E-state index is 12.7. The van der Waals surface area contributed by atoms with E-state index >= 15 is 0 Å². The average molecular weight is 345 g/mol. The summed E-state index contributed by atoms with van der Waals surface area (Å²) in [6.07, 6.45) is 2.65. The summed E-state index contributed by atoms with van der Waals surface area (Å²) in [7, 11) is 0. The second-order valence-electron chi connectivity index (χ2n) is 7.62. The number of ether oxygens (including phenoxy) is 2. The van der Waals surface area contributed by atoms with Gasteiger partial charge in [0.25, 0.3) is 0 Å². The minimum absolute atomic E-state index is 0.201. The molecule has 0 N–H and O–H groups in total. The number of fused-ring (bicyclic) bond motifs is 3. The highest BCUT2D eigenvalue weighted by Crippen LogP contribution is 2.42.